The maximum Gasteiger partial charge on any atom is 0.0414 e. The second kappa shape index (κ2) is 8.91. The van der Waals surface area contributed by atoms with Crippen LogP contribution in [-0.2, 0) is 0 Å². The van der Waals surface area contributed by atoms with Crippen LogP contribution in [0.1, 0.15) is 39.0 Å². The number of unbranched alkanes of at least 4 members (excludes halogenated alkanes) is 4. The van der Waals surface area contributed by atoms with E-state index >= 15 is 0 Å². The maximum absolute atomic E-state index is 2.39. The number of rotatable bonds is 6. The Kier molecular flexibility index (Phi) is 9.58. The molecular formula is C9H17IS. The van der Waals surface area contributed by atoms with E-state index in [1.807, 2.05) is 11.8 Å². The van der Waals surface area contributed by atoms with Crippen molar-refractivity contribution in [1.29, 1.82) is 0 Å². The maximum atomic E-state index is 2.39. The summed E-state index contributed by atoms with van der Waals surface area (Å²) < 4.78 is 1.43. The summed E-state index contributed by atoms with van der Waals surface area (Å²) in [6.45, 7) is 2.25. The van der Waals surface area contributed by atoms with Crippen molar-refractivity contribution in [2.45, 2.75) is 39.0 Å². The summed E-state index contributed by atoms with van der Waals surface area (Å²) in [4.78, 5) is 0. The molecule has 0 radical (unpaired) electrons. The highest BCUT2D eigenvalue weighted by Gasteiger charge is 1.87. The first-order valence-corrected chi connectivity index (χ1v) is 6.51. The summed E-state index contributed by atoms with van der Waals surface area (Å²) in [5.74, 6) is 0. The number of hydrogen-bond acceptors (Lipinski definition) is 1. The fourth-order valence-electron chi connectivity index (χ4n) is 0.870. The molecule has 0 saturated carbocycles. The van der Waals surface area contributed by atoms with Gasteiger partial charge in [-0.2, -0.15) is 0 Å². The highest BCUT2D eigenvalue weighted by molar-refractivity contribution is 14.1. The van der Waals surface area contributed by atoms with Crippen LogP contribution in [0.25, 0.3) is 0 Å². The van der Waals surface area contributed by atoms with Crippen molar-refractivity contribution in [2.24, 2.45) is 0 Å². The van der Waals surface area contributed by atoms with E-state index in [2.05, 4.69) is 41.8 Å². The van der Waals surface area contributed by atoms with E-state index in [4.69, 9.17) is 0 Å². The number of allylic oxidation sites excluding steroid dienone is 1. The van der Waals surface area contributed by atoms with E-state index in [1.165, 1.54) is 35.0 Å². The summed E-state index contributed by atoms with van der Waals surface area (Å²) in [5.41, 5.74) is 0. The molecule has 11 heavy (non-hydrogen) atoms. The van der Waals surface area contributed by atoms with Gasteiger partial charge >= 0.3 is 0 Å². The van der Waals surface area contributed by atoms with Crippen molar-refractivity contribution < 1.29 is 0 Å². The van der Waals surface area contributed by atoms with Gasteiger partial charge in [-0.05, 0) is 41.7 Å². The van der Waals surface area contributed by atoms with Crippen LogP contribution < -0.4 is 0 Å². The number of halogens is 1. The highest BCUT2D eigenvalue weighted by atomic mass is 127. The third kappa shape index (κ3) is 8.73. The largest absolute Gasteiger partial charge is 0.123 e. The van der Waals surface area contributed by atoms with Crippen molar-refractivity contribution in [3.05, 3.63) is 8.99 Å². The predicted octanol–water partition coefficient (Wildman–Crippen LogP) is 4.60. The second-order valence-electron chi connectivity index (χ2n) is 2.56. The first-order valence-electron chi connectivity index (χ1n) is 4.21. The van der Waals surface area contributed by atoms with Crippen LogP contribution in [0, 0.1) is 0 Å². The van der Waals surface area contributed by atoms with Gasteiger partial charge in [-0.25, -0.2) is 0 Å². The minimum atomic E-state index is 1.26. The molecule has 2 heteroatoms. The Bertz CT molecular complexity index is 110. The molecule has 0 spiro atoms. The molecule has 0 fully saturated rings. The lowest BCUT2D eigenvalue weighted by molar-refractivity contribution is 0.674. The van der Waals surface area contributed by atoms with Gasteiger partial charge in [0.2, 0.25) is 0 Å². The molecule has 66 valence electrons. The highest BCUT2D eigenvalue weighted by Crippen LogP contribution is 2.20. The molecule has 0 unspecified atom stereocenters. The van der Waals surface area contributed by atoms with Gasteiger partial charge in [-0.3, -0.25) is 0 Å². The zero-order valence-electron chi connectivity index (χ0n) is 7.40. The normalized spacial score (nSPS) is 12.1. The summed E-state index contributed by atoms with van der Waals surface area (Å²) in [5, 5.41) is 0. The van der Waals surface area contributed by atoms with Crippen molar-refractivity contribution >= 4 is 34.4 Å². The summed E-state index contributed by atoms with van der Waals surface area (Å²) in [6, 6.07) is 0. The molecule has 0 rings (SSSR count). The molecule has 0 nitrogen and oxygen atoms in total. The Balaban J connectivity index is 3.12. The van der Waals surface area contributed by atoms with E-state index in [-0.39, 0.29) is 0 Å². The average Bonchev–Trinajstić information content (AvgIpc) is 2.04. The predicted molar refractivity (Wildman–Crippen MR) is 64.4 cm³/mol. The smallest absolute Gasteiger partial charge is 0.0414 e. The SMILES string of the molecule is CCCCCC/C=C(\I)SC. The van der Waals surface area contributed by atoms with Crippen molar-refractivity contribution in [3.8, 4) is 0 Å². The minimum absolute atomic E-state index is 1.26. The van der Waals surface area contributed by atoms with Gasteiger partial charge in [-0.15, -0.1) is 11.8 Å². The lowest BCUT2D eigenvalue weighted by atomic mass is 10.2. The van der Waals surface area contributed by atoms with E-state index in [1.54, 1.807) is 0 Å². The van der Waals surface area contributed by atoms with E-state index in [0.717, 1.165) is 0 Å². The lowest BCUT2D eigenvalue weighted by Crippen LogP contribution is -1.73. The second-order valence-corrected chi connectivity index (χ2v) is 5.30. The van der Waals surface area contributed by atoms with Crippen molar-refractivity contribution in [3.63, 3.8) is 0 Å². The standard InChI is InChI=1S/C9H17IS/c1-3-4-5-6-7-8-9(10)11-2/h8H,3-7H2,1-2H3/b9-8+. The van der Waals surface area contributed by atoms with Gasteiger partial charge in [0.25, 0.3) is 0 Å². The molecule has 0 aliphatic rings. The Morgan fingerprint density at radius 2 is 2.09 bits per heavy atom. The zero-order chi connectivity index (χ0) is 8.53. The van der Waals surface area contributed by atoms with Crippen LogP contribution >= 0.6 is 34.4 Å². The van der Waals surface area contributed by atoms with E-state index in [0.29, 0.717) is 0 Å². The van der Waals surface area contributed by atoms with Crippen molar-refractivity contribution in [1.82, 2.24) is 0 Å². The molecule has 0 aliphatic heterocycles. The monoisotopic (exact) mass is 284 g/mol. The molecule has 0 heterocycles. The molecule has 0 atom stereocenters. The molecule has 0 aromatic rings. The van der Waals surface area contributed by atoms with Gasteiger partial charge in [0.05, 0.1) is 0 Å². The van der Waals surface area contributed by atoms with Crippen LogP contribution in [0.5, 0.6) is 0 Å². The molecule has 0 N–H and O–H groups in total. The third-order valence-electron chi connectivity index (χ3n) is 1.56. The van der Waals surface area contributed by atoms with Gasteiger partial charge in [0, 0.05) is 2.91 Å². The van der Waals surface area contributed by atoms with Gasteiger partial charge < -0.3 is 0 Å². The molecule has 0 amide bonds. The van der Waals surface area contributed by atoms with Crippen LogP contribution in [0.3, 0.4) is 0 Å². The summed E-state index contributed by atoms with van der Waals surface area (Å²) in [6.07, 6.45) is 11.2. The quantitative estimate of drug-likeness (QED) is 0.507. The average molecular weight is 284 g/mol. The number of hydrogen-bond donors (Lipinski definition) is 0. The van der Waals surface area contributed by atoms with Crippen LogP contribution in [0.2, 0.25) is 0 Å². The van der Waals surface area contributed by atoms with Gasteiger partial charge in [0.1, 0.15) is 0 Å². The molecular weight excluding hydrogens is 267 g/mol. The van der Waals surface area contributed by atoms with E-state index < -0.39 is 0 Å². The Morgan fingerprint density at radius 3 is 2.64 bits per heavy atom. The van der Waals surface area contributed by atoms with E-state index in [9.17, 15) is 0 Å². The fraction of sp³-hybridized carbons (Fsp3) is 0.778. The topological polar surface area (TPSA) is 0 Å². The van der Waals surface area contributed by atoms with Crippen LogP contribution in [-0.4, -0.2) is 6.26 Å². The zero-order valence-corrected chi connectivity index (χ0v) is 10.4. The van der Waals surface area contributed by atoms with Crippen LogP contribution in [0.4, 0.5) is 0 Å². The molecule has 0 aliphatic carbocycles. The fourth-order valence-corrected chi connectivity index (χ4v) is 1.47. The van der Waals surface area contributed by atoms with Crippen LogP contribution in [0.15, 0.2) is 8.99 Å². The molecule has 0 aromatic heterocycles. The minimum Gasteiger partial charge on any atom is -0.123 e. The molecule has 0 bridgehead atoms. The Hall–Kier alpha value is 0.820. The lowest BCUT2D eigenvalue weighted by Gasteiger charge is -1.95. The Labute approximate surface area is 88.4 Å². The van der Waals surface area contributed by atoms with Gasteiger partial charge in [0.15, 0.2) is 0 Å². The molecule has 0 saturated heterocycles. The summed E-state index contributed by atoms with van der Waals surface area (Å²) in [7, 11) is 0. The third-order valence-corrected chi connectivity index (χ3v) is 3.88. The first kappa shape index (κ1) is 11.8. The number of thioether (sulfide) groups is 1. The Morgan fingerprint density at radius 1 is 1.36 bits per heavy atom. The van der Waals surface area contributed by atoms with Crippen molar-refractivity contribution in [2.75, 3.05) is 6.26 Å². The van der Waals surface area contributed by atoms with Gasteiger partial charge in [-0.1, -0.05) is 32.3 Å². The molecule has 0 aromatic carbocycles. The first-order chi connectivity index (χ1) is 5.31. The summed E-state index contributed by atoms with van der Waals surface area (Å²) >= 11 is 4.23.